The van der Waals surface area contributed by atoms with Crippen LogP contribution in [0.2, 0.25) is 0 Å². The lowest BCUT2D eigenvalue weighted by molar-refractivity contribution is 0.0225. The lowest BCUT2D eigenvalue weighted by atomic mass is 10.1. The van der Waals surface area contributed by atoms with Gasteiger partial charge in [0.1, 0.15) is 0 Å². The minimum absolute atomic E-state index is 0.297. The molecule has 118 valence electrons. The SMILES string of the molecule is CCSC(=O)N(CCCCN)N1C(=O)c2ccccc2C1=O. The minimum atomic E-state index is -0.446. The molecule has 0 saturated carbocycles. The number of hydrazine groups is 1. The van der Waals surface area contributed by atoms with Crippen molar-refractivity contribution in [3.05, 3.63) is 35.4 Å². The van der Waals surface area contributed by atoms with Gasteiger partial charge in [0.05, 0.1) is 11.1 Å². The summed E-state index contributed by atoms with van der Waals surface area (Å²) in [6.45, 7) is 2.66. The van der Waals surface area contributed by atoms with E-state index in [0.717, 1.165) is 23.2 Å². The predicted octanol–water partition coefficient (Wildman–Crippen LogP) is 2.11. The molecule has 7 heteroatoms. The van der Waals surface area contributed by atoms with Gasteiger partial charge < -0.3 is 5.73 Å². The highest BCUT2D eigenvalue weighted by Gasteiger charge is 2.40. The maximum atomic E-state index is 12.5. The summed E-state index contributed by atoms with van der Waals surface area (Å²) in [5, 5.41) is 1.91. The van der Waals surface area contributed by atoms with Gasteiger partial charge in [0, 0.05) is 6.54 Å². The number of imide groups is 1. The second kappa shape index (κ2) is 7.42. The monoisotopic (exact) mass is 321 g/mol. The van der Waals surface area contributed by atoms with Crippen molar-refractivity contribution in [3.8, 4) is 0 Å². The average Bonchev–Trinajstić information content (AvgIpc) is 2.77. The number of carbonyl (C=O) groups excluding carboxylic acids is 3. The molecule has 0 radical (unpaired) electrons. The molecule has 0 atom stereocenters. The van der Waals surface area contributed by atoms with Crippen LogP contribution in [-0.2, 0) is 0 Å². The van der Waals surface area contributed by atoms with Gasteiger partial charge in [-0.25, -0.2) is 5.01 Å². The van der Waals surface area contributed by atoms with Crippen molar-refractivity contribution in [3.63, 3.8) is 0 Å². The first kappa shape index (κ1) is 16.5. The number of thioether (sulfide) groups is 1. The van der Waals surface area contributed by atoms with E-state index in [1.807, 2.05) is 6.92 Å². The standard InChI is InChI=1S/C15H19N3O3S/c1-2-22-15(21)17(10-6-5-9-16)18-13(19)11-7-3-4-8-12(11)14(18)20/h3-4,7-8H,2,5-6,9-10,16H2,1H3. The van der Waals surface area contributed by atoms with Crippen molar-refractivity contribution in [1.29, 1.82) is 0 Å². The van der Waals surface area contributed by atoms with Crippen LogP contribution < -0.4 is 5.73 Å². The van der Waals surface area contributed by atoms with E-state index in [1.165, 1.54) is 5.01 Å². The third-order valence-corrected chi connectivity index (χ3v) is 4.06. The van der Waals surface area contributed by atoms with Crippen molar-refractivity contribution in [1.82, 2.24) is 10.0 Å². The fourth-order valence-corrected chi connectivity index (χ4v) is 2.84. The lowest BCUT2D eigenvalue weighted by Crippen LogP contribution is -2.48. The highest BCUT2D eigenvalue weighted by molar-refractivity contribution is 8.13. The first-order valence-corrected chi connectivity index (χ1v) is 8.22. The number of carbonyl (C=O) groups is 3. The summed E-state index contributed by atoms with van der Waals surface area (Å²) in [4.78, 5) is 37.2. The molecule has 0 bridgehead atoms. The first-order valence-electron chi connectivity index (χ1n) is 7.23. The molecule has 0 aromatic heterocycles. The second-order valence-electron chi connectivity index (χ2n) is 4.79. The average molecular weight is 321 g/mol. The Balaban J connectivity index is 2.26. The molecule has 2 rings (SSSR count). The highest BCUT2D eigenvalue weighted by Crippen LogP contribution is 2.26. The van der Waals surface area contributed by atoms with E-state index in [0.29, 0.717) is 36.4 Å². The molecule has 3 amide bonds. The Labute approximate surface area is 133 Å². The Bertz CT molecular complexity index is 556. The number of benzene rings is 1. The molecule has 1 heterocycles. The van der Waals surface area contributed by atoms with Gasteiger partial charge in [-0.15, -0.1) is 0 Å². The molecular formula is C15H19N3O3S. The summed E-state index contributed by atoms with van der Waals surface area (Å²) in [7, 11) is 0. The number of nitrogens with two attached hydrogens (primary N) is 1. The Morgan fingerprint density at radius 1 is 1.18 bits per heavy atom. The Kier molecular flexibility index (Phi) is 5.57. The Morgan fingerprint density at radius 3 is 2.27 bits per heavy atom. The van der Waals surface area contributed by atoms with Crippen LogP contribution in [0.1, 0.15) is 40.5 Å². The van der Waals surface area contributed by atoms with Crippen LogP contribution in [0.25, 0.3) is 0 Å². The van der Waals surface area contributed by atoms with Crippen molar-refractivity contribution < 1.29 is 14.4 Å². The van der Waals surface area contributed by atoms with Gasteiger partial charge in [0.2, 0.25) is 0 Å². The number of fused-ring (bicyclic) bond motifs is 1. The Morgan fingerprint density at radius 2 is 1.77 bits per heavy atom. The van der Waals surface area contributed by atoms with Gasteiger partial charge in [-0.1, -0.05) is 30.8 Å². The fraction of sp³-hybridized carbons (Fsp3) is 0.400. The van der Waals surface area contributed by atoms with Gasteiger partial charge in [0.25, 0.3) is 11.8 Å². The van der Waals surface area contributed by atoms with Crippen LogP contribution >= 0.6 is 11.8 Å². The molecular weight excluding hydrogens is 302 g/mol. The third kappa shape index (κ3) is 3.15. The molecule has 0 unspecified atom stereocenters. The normalized spacial score (nSPS) is 13.5. The van der Waals surface area contributed by atoms with Crippen LogP contribution in [0.15, 0.2) is 24.3 Å². The zero-order valence-corrected chi connectivity index (χ0v) is 13.3. The number of hydrogen-bond donors (Lipinski definition) is 1. The smallest absolute Gasteiger partial charge is 0.300 e. The highest BCUT2D eigenvalue weighted by atomic mass is 32.2. The predicted molar refractivity (Wildman–Crippen MR) is 85.5 cm³/mol. The summed E-state index contributed by atoms with van der Waals surface area (Å²) in [5.74, 6) is -0.313. The minimum Gasteiger partial charge on any atom is -0.330 e. The fourth-order valence-electron chi connectivity index (χ4n) is 2.27. The largest absolute Gasteiger partial charge is 0.330 e. The summed E-state index contributed by atoms with van der Waals surface area (Å²) in [5.41, 5.74) is 6.15. The van der Waals surface area contributed by atoms with E-state index >= 15 is 0 Å². The maximum Gasteiger partial charge on any atom is 0.300 e. The van der Waals surface area contributed by atoms with Crippen LogP contribution in [0, 0.1) is 0 Å². The van der Waals surface area contributed by atoms with Crippen molar-refractivity contribution in [2.75, 3.05) is 18.8 Å². The van der Waals surface area contributed by atoms with E-state index in [2.05, 4.69) is 0 Å². The molecule has 1 aromatic carbocycles. The van der Waals surface area contributed by atoms with Crippen LogP contribution in [0.5, 0.6) is 0 Å². The molecule has 22 heavy (non-hydrogen) atoms. The number of amides is 3. The van der Waals surface area contributed by atoms with E-state index in [1.54, 1.807) is 24.3 Å². The summed E-state index contributed by atoms with van der Waals surface area (Å²) < 4.78 is 0. The summed E-state index contributed by atoms with van der Waals surface area (Å²) in [6, 6.07) is 6.61. The molecule has 1 aliphatic rings. The van der Waals surface area contributed by atoms with E-state index < -0.39 is 11.8 Å². The maximum absolute atomic E-state index is 12.5. The van der Waals surface area contributed by atoms with Gasteiger partial charge in [0.15, 0.2) is 0 Å². The second-order valence-corrected chi connectivity index (χ2v) is 6.00. The van der Waals surface area contributed by atoms with Gasteiger partial charge in [-0.2, -0.15) is 5.01 Å². The van der Waals surface area contributed by atoms with Gasteiger partial charge in [-0.05, 0) is 37.3 Å². The van der Waals surface area contributed by atoms with Crippen LogP contribution in [-0.4, -0.2) is 45.9 Å². The van der Waals surface area contributed by atoms with Crippen molar-refractivity contribution in [2.24, 2.45) is 5.73 Å². The molecule has 0 fully saturated rings. The lowest BCUT2D eigenvalue weighted by Gasteiger charge is -2.29. The van der Waals surface area contributed by atoms with E-state index in [-0.39, 0.29) is 5.24 Å². The molecule has 0 aliphatic carbocycles. The van der Waals surface area contributed by atoms with Crippen molar-refractivity contribution >= 4 is 28.8 Å². The van der Waals surface area contributed by atoms with Crippen molar-refractivity contribution in [2.45, 2.75) is 19.8 Å². The molecule has 1 aromatic rings. The molecule has 2 N–H and O–H groups in total. The van der Waals surface area contributed by atoms with Crippen LogP contribution in [0.3, 0.4) is 0 Å². The molecule has 1 aliphatic heterocycles. The first-order chi connectivity index (χ1) is 10.6. The molecule has 0 saturated heterocycles. The zero-order valence-electron chi connectivity index (χ0n) is 12.4. The van der Waals surface area contributed by atoms with E-state index in [4.69, 9.17) is 5.73 Å². The zero-order chi connectivity index (χ0) is 16.1. The summed E-state index contributed by atoms with van der Waals surface area (Å²) in [6.07, 6.45) is 1.36. The van der Waals surface area contributed by atoms with E-state index in [9.17, 15) is 14.4 Å². The molecule has 6 nitrogen and oxygen atoms in total. The van der Waals surface area contributed by atoms with Gasteiger partial charge >= 0.3 is 5.24 Å². The topological polar surface area (TPSA) is 83.7 Å². The number of hydrogen-bond acceptors (Lipinski definition) is 5. The number of nitrogens with zero attached hydrogens (tertiary/aromatic N) is 2. The number of unbranched alkanes of at least 4 members (excludes halogenated alkanes) is 1. The quantitative estimate of drug-likeness (QED) is 0.641. The molecule has 0 spiro atoms. The Hall–Kier alpha value is -1.86. The third-order valence-electron chi connectivity index (χ3n) is 3.32. The number of rotatable bonds is 6. The van der Waals surface area contributed by atoms with Gasteiger partial charge in [-0.3, -0.25) is 14.4 Å². The van der Waals surface area contributed by atoms with Crippen LogP contribution in [0.4, 0.5) is 4.79 Å². The summed E-state index contributed by atoms with van der Waals surface area (Å²) >= 11 is 1.08.